The number of rotatable bonds is 9. The molecule has 32 heavy (non-hydrogen) atoms. The molecule has 2 rings (SSSR count). The Labute approximate surface area is 182 Å². The predicted molar refractivity (Wildman–Crippen MR) is 115 cm³/mol. The van der Waals surface area contributed by atoms with Crippen LogP contribution in [0.3, 0.4) is 0 Å². The second-order valence-corrected chi connectivity index (χ2v) is 7.46. The van der Waals surface area contributed by atoms with Gasteiger partial charge in [-0.15, -0.1) is 0 Å². The van der Waals surface area contributed by atoms with Crippen LogP contribution in [0.4, 0.5) is 30.4 Å². The van der Waals surface area contributed by atoms with E-state index < -0.39 is 28.9 Å². The second-order valence-electron chi connectivity index (χ2n) is 7.46. The summed E-state index contributed by atoms with van der Waals surface area (Å²) >= 11 is 0. The molecule has 4 N–H and O–H groups in total. The van der Waals surface area contributed by atoms with Crippen LogP contribution in [0.15, 0.2) is 33.9 Å². The van der Waals surface area contributed by atoms with Gasteiger partial charge in [0.15, 0.2) is 5.69 Å². The number of nitrogens with two attached hydrogens (primary N) is 1. The minimum Gasteiger partial charge on any atom is -0.383 e. The van der Waals surface area contributed by atoms with E-state index in [2.05, 4.69) is 10.3 Å². The fraction of sp³-hybridized carbons (Fsp3) is 0.450. The zero-order valence-corrected chi connectivity index (χ0v) is 18.0. The Kier molecular flexibility index (Phi) is 8.08. The van der Waals surface area contributed by atoms with Crippen LogP contribution in [0.2, 0.25) is 0 Å². The summed E-state index contributed by atoms with van der Waals surface area (Å²) in [6.07, 6.45) is -4.47. The maximum Gasteiger partial charge on any atom is 0.416 e. The number of carbonyl (C=O) groups is 1. The Morgan fingerprint density at radius 1 is 1.25 bits per heavy atom. The maximum atomic E-state index is 12.9. The average molecular weight is 457 g/mol. The van der Waals surface area contributed by atoms with Crippen molar-refractivity contribution in [3.05, 3.63) is 50.7 Å². The maximum absolute atomic E-state index is 12.9. The topological polar surface area (TPSA) is 122 Å². The molecule has 0 saturated carbocycles. The van der Waals surface area contributed by atoms with Gasteiger partial charge in [-0.2, -0.15) is 13.2 Å². The normalized spacial score (nSPS) is 11.6. The fourth-order valence-corrected chi connectivity index (χ4v) is 2.98. The zero-order valence-electron chi connectivity index (χ0n) is 18.0. The largest absolute Gasteiger partial charge is 0.416 e. The molecule has 0 saturated heterocycles. The molecule has 0 fully saturated rings. The smallest absolute Gasteiger partial charge is 0.383 e. The molecule has 1 heterocycles. The van der Waals surface area contributed by atoms with Gasteiger partial charge in [-0.1, -0.05) is 13.8 Å². The van der Waals surface area contributed by atoms with Crippen molar-refractivity contribution in [1.82, 2.24) is 9.55 Å². The number of halogens is 3. The van der Waals surface area contributed by atoms with Crippen molar-refractivity contribution in [2.45, 2.75) is 26.6 Å². The van der Waals surface area contributed by atoms with E-state index in [4.69, 9.17) is 10.5 Å². The summed E-state index contributed by atoms with van der Waals surface area (Å²) in [4.78, 5) is 40.8. The molecule has 12 heteroatoms. The van der Waals surface area contributed by atoms with Crippen molar-refractivity contribution in [3.8, 4) is 0 Å². The van der Waals surface area contributed by atoms with Gasteiger partial charge in [-0.05, 0) is 30.2 Å². The van der Waals surface area contributed by atoms with E-state index >= 15 is 0 Å². The predicted octanol–water partition coefficient (Wildman–Crippen LogP) is 1.89. The van der Waals surface area contributed by atoms with Crippen LogP contribution in [0.1, 0.15) is 19.4 Å². The lowest BCUT2D eigenvalue weighted by Gasteiger charge is -2.25. The Morgan fingerprint density at radius 3 is 2.41 bits per heavy atom. The molecular formula is C20H26F3N5O4. The monoisotopic (exact) mass is 457 g/mol. The third-order valence-corrected chi connectivity index (χ3v) is 4.51. The summed E-state index contributed by atoms with van der Waals surface area (Å²) in [6.45, 7) is 3.66. The highest BCUT2D eigenvalue weighted by Crippen LogP contribution is 2.29. The van der Waals surface area contributed by atoms with Crippen LogP contribution in [0, 0.1) is 5.92 Å². The van der Waals surface area contributed by atoms with Gasteiger partial charge in [0.25, 0.3) is 5.56 Å². The molecule has 0 atom stereocenters. The first-order valence-electron chi connectivity index (χ1n) is 9.78. The van der Waals surface area contributed by atoms with E-state index in [9.17, 15) is 27.6 Å². The van der Waals surface area contributed by atoms with Gasteiger partial charge in [0.1, 0.15) is 5.82 Å². The number of nitrogens with one attached hydrogen (secondary N) is 2. The highest BCUT2D eigenvalue weighted by molar-refractivity contribution is 5.98. The second kappa shape index (κ2) is 10.4. The van der Waals surface area contributed by atoms with Gasteiger partial charge >= 0.3 is 11.9 Å². The number of benzene rings is 1. The van der Waals surface area contributed by atoms with Crippen molar-refractivity contribution in [3.63, 3.8) is 0 Å². The highest BCUT2D eigenvalue weighted by atomic mass is 19.4. The number of nitrogens with zero attached hydrogens (tertiary/aromatic N) is 2. The van der Waals surface area contributed by atoms with Crippen LogP contribution in [0.5, 0.6) is 0 Å². The Balaban J connectivity index is 2.31. The van der Waals surface area contributed by atoms with Crippen molar-refractivity contribution in [2.75, 3.05) is 42.8 Å². The number of nitrogen functional groups attached to an aromatic ring is 1. The van der Waals surface area contributed by atoms with Crippen molar-refractivity contribution in [1.29, 1.82) is 0 Å². The summed E-state index contributed by atoms with van der Waals surface area (Å²) in [7, 11) is 1.41. The van der Waals surface area contributed by atoms with Crippen LogP contribution in [-0.2, 0) is 22.3 Å². The number of H-pyrrole nitrogens is 1. The van der Waals surface area contributed by atoms with Gasteiger partial charge in [0, 0.05) is 25.9 Å². The summed E-state index contributed by atoms with van der Waals surface area (Å²) in [5.74, 6) is -0.710. The first-order chi connectivity index (χ1) is 15.0. The molecule has 0 radical (unpaired) electrons. The fourth-order valence-electron chi connectivity index (χ4n) is 2.98. The standard InChI is InChI=1S/C20H26F3N5O4/c1-12(2)11-28-17(24)16(18(30)26-19(28)31)27(8-9-32-3)15(29)10-25-14-6-4-13(5-7-14)20(21,22)23/h4-7,12,25H,8-11,24H2,1-3H3,(H,26,30,31). The molecular weight excluding hydrogens is 431 g/mol. The average Bonchev–Trinajstić information content (AvgIpc) is 2.71. The van der Waals surface area contributed by atoms with Crippen LogP contribution in [0.25, 0.3) is 0 Å². The summed E-state index contributed by atoms with van der Waals surface area (Å²) in [6, 6.07) is 4.17. The summed E-state index contributed by atoms with van der Waals surface area (Å²) in [5, 5.41) is 2.73. The van der Waals surface area contributed by atoms with E-state index in [0.29, 0.717) is 0 Å². The number of ether oxygens (including phenoxy) is 1. The molecule has 0 bridgehead atoms. The molecule has 176 valence electrons. The zero-order chi connectivity index (χ0) is 24.1. The van der Waals surface area contributed by atoms with E-state index in [0.717, 1.165) is 17.0 Å². The van der Waals surface area contributed by atoms with Gasteiger partial charge in [-0.3, -0.25) is 19.1 Å². The highest BCUT2D eigenvalue weighted by Gasteiger charge is 2.30. The first kappa shape index (κ1) is 25.0. The Hall–Kier alpha value is -3.28. The van der Waals surface area contributed by atoms with E-state index in [1.807, 2.05) is 13.8 Å². The molecule has 0 spiro atoms. The van der Waals surface area contributed by atoms with Crippen molar-refractivity contribution >= 4 is 23.1 Å². The number of hydrogen-bond acceptors (Lipinski definition) is 6. The molecule has 9 nitrogen and oxygen atoms in total. The van der Waals surface area contributed by atoms with Crippen molar-refractivity contribution in [2.24, 2.45) is 5.92 Å². The Morgan fingerprint density at radius 2 is 1.88 bits per heavy atom. The SMILES string of the molecule is COCCN(C(=O)CNc1ccc(C(F)(F)F)cc1)c1c(N)n(CC(C)C)c(=O)[nH]c1=O. The molecule has 0 unspecified atom stereocenters. The molecule has 2 aromatic rings. The van der Waals surface area contributed by atoms with E-state index in [1.54, 1.807) is 0 Å². The van der Waals surface area contributed by atoms with Gasteiger partial charge < -0.3 is 20.7 Å². The van der Waals surface area contributed by atoms with E-state index in [1.165, 1.54) is 23.8 Å². The number of amides is 1. The van der Waals surface area contributed by atoms with Crippen LogP contribution in [-0.4, -0.2) is 42.3 Å². The lowest BCUT2D eigenvalue weighted by Crippen LogP contribution is -2.44. The third kappa shape index (κ3) is 6.13. The third-order valence-electron chi connectivity index (χ3n) is 4.51. The number of hydrogen-bond donors (Lipinski definition) is 3. The molecule has 1 aromatic heterocycles. The van der Waals surface area contributed by atoms with Gasteiger partial charge in [0.05, 0.1) is 18.7 Å². The lowest BCUT2D eigenvalue weighted by atomic mass is 10.2. The minimum atomic E-state index is -4.47. The number of methoxy groups -OCH3 is 1. The number of alkyl halides is 3. The van der Waals surface area contributed by atoms with Crippen LogP contribution < -0.4 is 27.2 Å². The van der Waals surface area contributed by atoms with Crippen LogP contribution >= 0.6 is 0 Å². The molecule has 0 aliphatic rings. The number of aromatic amines is 1. The van der Waals surface area contributed by atoms with Gasteiger partial charge in [-0.25, -0.2) is 4.79 Å². The van der Waals surface area contributed by atoms with E-state index in [-0.39, 0.29) is 49.4 Å². The van der Waals surface area contributed by atoms with Gasteiger partial charge in [0.2, 0.25) is 5.91 Å². The lowest BCUT2D eigenvalue weighted by molar-refractivity contribution is -0.137. The minimum absolute atomic E-state index is 0.0306. The molecule has 0 aliphatic heterocycles. The Bertz CT molecular complexity index is 1050. The molecule has 1 aromatic carbocycles. The summed E-state index contributed by atoms with van der Waals surface area (Å²) in [5.41, 5.74) is 3.85. The number of aromatic nitrogens is 2. The summed E-state index contributed by atoms with van der Waals surface area (Å²) < 4.78 is 44.3. The quantitative estimate of drug-likeness (QED) is 0.529. The van der Waals surface area contributed by atoms with Crippen molar-refractivity contribution < 1.29 is 22.7 Å². The first-order valence-corrected chi connectivity index (χ1v) is 9.78. The molecule has 0 aliphatic carbocycles. The number of anilines is 3. The number of carbonyl (C=O) groups excluding carboxylic acids is 1. The molecule has 1 amide bonds.